The molecule has 0 aliphatic carbocycles. The molecule has 0 aromatic rings. The van der Waals surface area contributed by atoms with Gasteiger partial charge in [0.05, 0.1) is 6.61 Å². The van der Waals surface area contributed by atoms with Gasteiger partial charge in [0.1, 0.15) is 6.04 Å². The highest BCUT2D eigenvalue weighted by Crippen LogP contribution is 2.12. The second-order valence-electron chi connectivity index (χ2n) is 3.00. The van der Waals surface area contributed by atoms with Crippen molar-refractivity contribution in [3.8, 4) is 0 Å². The first-order valence-electron chi connectivity index (χ1n) is 3.72. The number of hydrogen-bond donors (Lipinski definition) is 2. The fourth-order valence-electron chi connectivity index (χ4n) is 1.07. The first-order valence-corrected chi connectivity index (χ1v) is 3.72. The maximum atomic E-state index is 11.0. The van der Waals surface area contributed by atoms with Gasteiger partial charge >= 0.3 is 5.97 Å². The zero-order valence-electron chi connectivity index (χ0n) is 6.70. The molecule has 11 heavy (non-hydrogen) atoms. The van der Waals surface area contributed by atoms with Crippen molar-refractivity contribution in [3.05, 3.63) is 0 Å². The van der Waals surface area contributed by atoms with Crippen LogP contribution in [-0.4, -0.2) is 30.0 Å². The highest BCUT2D eigenvalue weighted by molar-refractivity contribution is 5.78. The number of cyclic esters (lactones) is 1. The fourth-order valence-corrected chi connectivity index (χ4v) is 1.07. The van der Waals surface area contributed by atoms with Crippen molar-refractivity contribution in [3.63, 3.8) is 0 Å². The van der Waals surface area contributed by atoms with Crippen LogP contribution < -0.4 is 5.32 Å². The molecule has 0 aromatic carbocycles. The summed E-state index contributed by atoms with van der Waals surface area (Å²) in [5.74, 6) is -0.0573. The summed E-state index contributed by atoms with van der Waals surface area (Å²) in [7, 11) is 0. The van der Waals surface area contributed by atoms with Gasteiger partial charge in [-0.1, -0.05) is 13.8 Å². The highest BCUT2D eigenvalue weighted by Gasteiger charge is 2.34. The zero-order valence-corrected chi connectivity index (χ0v) is 6.70. The number of carbonyl (C=O) groups excluding carboxylic acids is 1. The Morgan fingerprint density at radius 3 is 2.64 bits per heavy atom. The van der Waals surface area contributed by atoms with Crippen LogP contribution in [0.2, 0.25) is 0 Å². The van der Waals surface area contributed by atoms with Crippen molar-refractivity contribution in [1.82, 2.24) is 5.32 Å². The van der Waals surface area contributed by atoms with Crippen LogP contribution in [0.1, 0.15) is 13.8 Å². The minimum Gasteiger partial charge on any atom is -0.443 e. The number of rotatable bonds is 2. The monoisotopic (exact) mass is 159 g/mol. The lowest BCUT2D eigenvalue weighted by atomic mass is 10.1. The van der Waals surface area contributed by atoms with Gasteiger partial charge in [0.15, 0.2) is 6.23 Å². The largest absolute Gasteiger partial charge is 0.443 e. The van der Waals surface area contributed by atoms with E-state index in [9.17, 15) is 4.79 Å². The summed E-state index contributed by atoms with van der Waals surface area (Å²) in [6, 6.07) is -0.257. The van der Waals surface area contributed by atoms with Crippen LogP contribution in [0.3, 0.4) is 0 Å². The van der Waals surface area contributed by atoms with E-state index in [2.05, 4.69) is 5.32 Å². The quantitative estimate of drug-likeness (QED) is 0.532. The molecule has 0 radical (unpaired) electrons. The first-order chi connectivity index (χ1) is 5.15. The number of carbonyl (C=O) groups is 1. The van der Waals surface area contributed by atoms with Crippen molar-refractivity contribution in [2.24, 2.45) is 5.92 Å². The molecule has 0 bridgehead atoms. The summed E-state index contributed by atoms with van der Waals surface area (Å²) in [5, 5.41) is 11.5. The molecule has 4 heteroatoms. The maximum Gasteiger partial charge on any atom is 0.325 e. The van der Waals surface area contributed by atoms with E-state index in [0.717, 1.165) is 0 Å². The van der Waals surface area contributed by atoms with Crippen molar-refractivity contribution >= 4 is 5.97 Å². The molecule has 0 amide bonds. The van der Waals surface area contributed by atoms with Gasteiger partial charge in [0.2, 0.25) is 0 Å². The standard InChI is InChI=1S/C7H13NO3/c1-4(2)6-7(10)11-5(3-9)8-6/h4-6,8-9H,3H2,1-2H3. The first kappa shape index (κ1) is 8.49. The Labute approximate surface area is 65.5 Å². The van der Waals surface area contributed by atoms with E-state index in [-0.39, 0.29) is 24.5 Å². The molecule has 1 saturated heterocycles. The molecule has 4 nitrogen and oxygen atoms in total. The number of nitrogens with one attached hydrogen (secondary N) is 1. The summed E-state index contributed by atoms with van der Waals surface area (Å²) in [4.78, 5) is 11.0. The average molecular weight is 159 g/mol. The molecule has 2 N–H and O–H groups in total. The Hall–Kier alpha value is -0.610. The minimum absolute atomic E-state index is 0.158. The number of ether oxygens (including phenoxy) is 1. The van der Waals surface area contributed by atoms with Gasteiger partial charge in [0, 0.05) is 0 Å². The fraction of sp³-hybridized carbons (Fsp3) is 0.857. The smallest absolute Gasteiger partial charge is 0.325 e. The molecule has 1 rings (SSSR count). The zero-order chi connectivity index (χ0) is 8.43. The number of hydrogen-bond acceptors (Lipinski definition) is 4. The molecule has 0 aromatic heterocycles. The van der Waals surface area contributed by atoms with Crippen molar-refractivity contribution in [1.29, 1.82) is 0 Å². The van der Waals surface area contributed by atoms with E-state index in [1.54, 1.807) is 0 Å². The van der Waals surface area contributed by atoms with Crippen LogP contribution in [0, 0.1) is 5.92 Å². The topological polar surface area (TPSA) is 58.6 Å². The van der Waals surface area contributed by atoms with Crippen molar-refractivity contribution in [2.45, 2.75) is 26.1 Å². The van der Waals surface area contributed by atoms with E-state index in [1.165, 1.54) is 0 Å². The third kappa shape index (κ3) is 1.70. The van der Waals surface area contributed by atoms with Gasteiger partial charge in [-0.3, -0.25) is 10.1 Å². The number of aliphatic hydroxyl groups is 1. The number of esters is 1. The molecule has 64 valence electrons. The molecular weight excluding hydrogens is 146 g/mol. The Bertz CT molecular complexity index is 158. The van der Waals surface area contributed by atoms with E-state index < -0.39 is 6.23 Å². The highest BCUT2D eigenvalue weighted by atomic mass is 16.6. The van der Waals surface area contributed by atoms with Crippen LogP contribution in [0.5, 0.6) is 0 Å². The van der Waals surface area contributed by atoms with E-state index in [1.807, 2.05) is 13.8 Å². The van der Waals surface area contributed by atoms with Gasteiger partial charge in [-0.15, -0.1) is 0 Å². The molecule has 0 spiro atoms. The SMILES string of the molecule is CC(C)C1NC(CO)OC1=O. The van der Waals surface area contributed by atoms with Crippen LogP contribution in [0.25, 0.3) is 0 Å². The van der Waals surface area contributed by atoms with Gasteiger partial charge in [-0.05, 0) is 5.92 Å². The summed E-state index contributed by atoms with van der Waals surface area (Å²) >= 11 is 0. The van der Waals surface area contributed by atoms with Gasteiger partial charge in [-0.2, -0.15) is 0 Å². The summed E-state index contributed by atoms with van der Waals surface area (Å²) in [6.07, 6.45) is -0.505. The molecular formula is C7H13NO3. The molecule has 0 saturated carbocycles. The third-order valence-corrected chi connectivity index (χ3v) is 1.71. The normalized spacial score (nSPS) is 31.1. The van der Waals surface area contributed by atoms with Crippen molar-refractivity contribution < 1.29 is 14.6 Å². The second-order valence-corrected chi connectivity index (χ2v) is 3.00. The molecule has 1 aliphatic rings. The van der Waals surface area contributed by atoms with Crippen LogP contribution in [0.4, 0.5) is 0 Å². The second kappa shape index (κ2) is 3.19. The predicted octanol–water partition coefficient (Wildman–Crippen LogP) is -0.524. The van der Waals surface area contributed by atoms with Crippen molar-refractivity contribution in [2.75, 3.05) is 6.61 Å². The minimum atomic E-state index is -0.505. The average Bonchev–Trinajstić information content (AvgIpc) is 2.30. The summed E-state index contributed by atoms with van der Waals surface area (Å²) in [5.41, 5.74) is 0. The van der Waals surface area contributed by atoms with E-state index >= 15 is 0 Å². The predicted molar refractivity (Wildman–Crippen MR) is 38.7 cm³/mol. The lowest BCUT2D eigenvalue weighted by Gasteiger charge is -2.09. The third-order valence-electron chi connectivity index (χ3n) is 1.71. The Morgan fingerprint density at radius 1 is 1.73 bits per heavy atom. The van der Waals surface area contributed by atoms with Gasteiger partial charge in [0.25, 0.3) is 0 Å². The van der Waals surface area contributed by atoms with Gasteiger partial charge in [-0.25, -0.2) is 0 Å². The van der Waals surface area contributed by atoms with Crippen LogP contribution in [-0.2, 0) is 9.53 Å². The van der Waals surface area contributed by atoms with Crippen LogP contribution >= 0.6 is 0 Å². The molecule has 2 atom stereocenters. The van der Waals surface area contributed by atoms with Gasteiger partial charge < -0.3 is 9.84 Å². The molecule has 1 heterocycles. The summed E-state index contributed by atoms with van der Waals surface area (Å²) in [6.45, 7) is 3.70. The van der Waals surface area contributed by atoms with Crippen LogP contribution in [0.15, 0.2) is 0 Å². The maximum absolute atomic E-state index is 11.0. The lowest BCUT2D eigenvalue weighted by molar-refractivity contribution is -0.144. The summed E-state index contributed by atoms with van der Waals surface area (Å²) < 4.78 is 4.78. The van der Waals surface area contributed by atoms with E-state index in [0.29, 0.717) is 0 Å². The Balaban J connectivity index is 2.52. The molecule has 1 aliphatic heterocycles. The van der Waals surface area contributed by atoms with E-state index in [4.69, 9.17) is 9.84 Å². The molecule has 2 unspecified atom stereocenters. The lowest BCUT2D eigenvalue weighted by Crippen LogP contribution is -2.37. The number of aliphatic hydroxyl groups excluding tert-OH is 1. The Morgan fingerprint density at radius 2 is 2.36 bits per heavy atom. The Kier molecular flexibility index (Phi) is 2.46. The molecule has 1 fully saturated rings.